The third-order valence-electron chi connectivity index (χ3n) is 6.24. The Morgan fingerprint density at radius 1 is 0.914 bits per heavy atom. The topological polar surface area (TPSA) is 95.3 Å². The van der Waals surface area contributed by atoms with Gasteiger partial charge in [0.05, 0.1) is 18.7 Å². The van der Waals surface area contributed by atoms with Crippen LogP contribution in [0, 0.1) is 4.64 Å². The third kappa shape index (κ3) is 4.39. The van der Waals surface area contributed by atoms with E-state index in [1.165, 1.54) is 16.7 Å². The van der Waals surface area contributed by atoms with Crippen LogP contribution >= 0.6 is 12.2 Å². The van der Waals surface area contributed by atoms with Crippen LogP contribution in [0.1, 0.15) is 55.2 Å². The number of carboxylic acid groups (broad SMARTS) is 1. The standard InChI is InChI=1S/C28H22N2O4S/c31-16-18-11-17(12-21(13-18)27(32)33)14-30-15-24(26(35)29-28(30)34)25-22-7-3-1-5-19(22)9-10-20-6-2-4-8-23(20)25/h1-13,15,25,31H,14,16H2,(H,32,33)(H,29,34,35). The van der Waals surface area contributed by atoms with E-state index in [1.807, 2.05) is 24.3 Å². The number of aliphatic hydroxyl groups excluding tert-OH is 1. The maximum atomic E-state index is 12.9. The van der Waals surface area contributed by atoms with Gasteiger partial charge in [0.25, 0.3) is 0 Å². The van der Waals surface area contributed by atoms with Crippen molar-refractivity contribution in [2.45, 2.75) is 19.1 Å². The van der Waals surface area contributed by atoms with Gasteiger partial charge in [-0.05, 0) is 45.5 Å². The minimum atomic E-state index is -1.10. The minimum Gasteiger partial charge on any atom is -0.478 e. The number of aromatic amines is 1. The van der Waals surface area contributed by atoms with E-state index in [0.717, 1.165) is 27.8 Å². The average molecular weight is 483 g/mol. The lowest BCUT2D eigenvalue weighted by atomic mass is 9.83. The summed E-state index contributed by atoms with van der Waals surface area (Å²) in [5.41, 5.74) is 5.80. The maximum absolute atomic E-state index is 12.9. The fraction of sp³-hybridized carbons (Fsp3) is 0.107. The molecule has 1 heterocycles. The summed E-state index contributed by atoms with van der Waals surface area (Å²) >= 11 is 5.64. The van der Waals surface area contributed by atoms with Gasteiger partial charge in [-0.25, -0.2) is 9.59 Å². The predicted octanol–water partition coefficient (Wildman–Crippen LogP) is 4.81. The minimum absolute atomic E-state index is 0.0568. The van der Waals surface area contributed by atoms with Gasteiger partial charge in [-0.3, -0.25) is 9.55 Å². The van der Waals surface area contributed by atoms with Crippen molar-refractivity contribution in [1.29, 1.82) is 0 Å². The molecule has 7 heteroatoms. The molecule has 0 saturated heterocycles. The number of hydrogen-bond acceptors (Lipinski definition) is 4. The molecule has 5 rings (SSSR count). The Morgan fingerprint density at radius 2 is 1.51 bits per heavy atom. The van der Waals surface area contributed by atoms with Crippen LogP contribution in [-0.2, 0) is 13.2 Å². The molecule has 174 valence electrons. The van der Waals surface area contributed by atoms with Gasteiger partial charge in [0.1, 0.15) is 4.64 Å². The summed E-state index contributed by atoms with van der Waals surface area (Å²) in [5.74, 6) is -1.30. The Morgan fingerprint density at radius 3 is 2.11 bits per heavy atom. The number of fused-ring (bicyclic) bond motifs is 2. The maximum Gasteiger partial charge on any atom is 0.335 e. The lowest BCUT2D eigenvalue weighted by molar-refractivity contribution is 0.0696. The van der Waals surface area contributed by atoms with Gasteiger partial charge in [-0.15, -0.1) is 0 Å². The lowest BCUT2D eigenvalue weighted by Crippen LogP contribution is -2.25. The summed E-state index contributed by atoms with van der Waals surface area (Å²) in [6, 6.07) is 20.8. The third-order valence-corrected chi connectivity index (χ3v) is 6.58. The first-order chi connectivity index (χ1) is 16.9. The number of aromatic carboxylic acids is 1. The van der Waals surface area contributed by atoms with Crippen molar-refractivity contribution < 1.29 is 15.0 Å². The van der Waals surface area contributed by atoms with Crippen LogP contribution in [0.15, 0.2) is 77.7 Å². The van der Waals surface area contributed by atoms with E-state index < -0.39 is 11.7 Å². The van der Waals surface area contributed by atoms with Crippen molar-refractivity contribution >= 4 is 30.3 Å². The molecule has 1 aromatic heterocycles. The Kier molecular flexibility index (Phi) is 6.03. The van der Waals surface area contributed by atoms with E-state index in [9.17, 15) is 19.8 Å². The molecule has 0 radical (unpaired) electrons. The molecule has 1 aliphatic carbocycles. The molecular weight excluding hydrogens is 460 g/mol. The molecule has 0 amide bonds. The smallest absolute Gasteiger partial charge is 0.335 e. The molecule has 4 aromatic rings. The van der Waals surface area contributed by atoms with E-state index in [0.29, 0.717) is 15.8 Å². The van der Waals surface area contributed by atoms with Crippen LogP contribution in [0.3, 0.4) is 0 Å². The Balaban J connectivity index is 1.67. The zero-order valence-electron chi connectivity index (χ0n) is 18.6. The van der Waals surface area contributed by atoms with Gasteiger partial charge in [0.2, 0.25) is 0 Å². The molecule has 3 aromatic carbocycles. The van der Waals surface area contributed by atoms with Crippen LogP contribution < -0.4 is 5.69 Å². The number of hydrogen-bond donors (Lipinski definition) is 3. The monoisotopic (exact) mass is 482 g/mol. The van der Waals surface area contributed by atoms with Gasteiger partial charge >= 0.3 is 11.7 Å². The molecule has 0 atom stereocenters. The summed E-state index contributed by atoms with van der Waals surface area (Å²) < 4.78 is 1.86. The Hall–Kier alpha value is -4.07. The number of carbonyl (C=O) groups is 1. The number of H-pyrrole nitrogens is 1. The lowest BCUT2D eigenvalue weighted by Gasteiger charge is -2.22. The first kappa shape index (κ1) is 22.7. The van der Waals surface area contributed by atoms with Crippen LogP contribution in [0.4, 0.5) is 0 Å². The average Bonchev–Trinajstić information content (AvgIpc) is 3.02. The zero-order valence-corrected chi connectivity index (χ0v) is 19.5. The number of rotatable bonds is 5. The number of aliphatic hydroxyl groups is 1. The summed E-state index contributed by atoms with van der Waals surface area (Å²) in [6.07, 6.45) is 5.94. The van der Waals surface area contributed by atoms with Crippen molar-refractivity contribution in [3.63, 3.8) is 0 Å². The van der Waals surface area contributed by atoms with E-state index in [1.54, 1.807) is 12.3 Å². The number of aromatic nitrogens is 2. The first-order valence-corrected chi connectivity index (χ1v) is 11.5. The molecule has 0 fully saturated rings. The van der Waals surface area contributed by atoms with Crippen LogP contribution in [-0.4, -0.2) is 25.7 Å². The Bertz CT molecular complexity index is 1550. The molecule has 35 heavy (non-hydrogen) atoms. The van der Waals surface area contributed by atoms with E-state index in [-0.39, 0.29) is 24.6 Å². The molecule has 0 spiro atoms. The fourth-order valence-electron chi connectivity index (χ4n) is 4.65. The quantitative estimate of drug-likeness (QED) is 0.313. The van der Waals surface area contributed by atoms with Gasteiger partial charge in [0, 0.05) is 17.7 Å². The fourth-order valence-corrected chi connectivity index (χ4v) is 4.91. The highest BCUT2D eigenvalue weighted by Gasteiger charge is 2.25. The molecule has 0 bridgehead atoms. The van der Waals surface area contributed by atoms with E-state index >= 15 is 0 Å². The number of nitrogens with one attached hydrogen (secondary N) is 1. The highest BCUT2D eigenvalue weighted by molar-refractivity contribution is 7.71. The highest BCUT2D eigenvalue weighted by Crippen LogP contribution is 2.39. The molecule has 0 aliphatic heterocycles. The van der Waals surface area contributed by atoms with Crippen LogP contribution in [0.2, 0.25) is 0 Å². The zero-order chi connectivity index (χ0) is 24.5. The second kappa shape index (κ2) is 9.29. The number of benzene rings is 3. The summed E-state index contributed by atoms with van der Waals surface area (Å²) in [6.45, 7) is -0.172. The number of nitrogens with zero attached hydrogens (tertiary/aromatic N) is 1. The molecule has 0 unspecified atom stereocenters. The first-order valence-electron chi connectivity index (χ1n) is 11.1. The molecule has 3 N–H and O–H groups in total. The second-order valence-electron chi connectivity index (χ2n) is 8.50. The van der Waals surface area contributed by atoms with Gasteiger partial charge in [0.15, 0.2) is 0 Å². The van der Waals surface area contributed by atoms with E-state index in [4.69, 9.17) is 12.2 Å². The van der Waals surface area contributed by atoms with E-state index in [2.05, 4.69) is 41.4 Å². The van der Waals surface area contributed by atoms with Gasteiger partial charge in [-0.1, -0.05) is 79.0 Å². The van der Waals surface area contributed by atoms with Crippen molar-refractivity contribution in [3.8, 4) is 0 Å². The van der Waals surface area contributed by atoms with Crippen molar-refractivity contribution in [1.82, 2.24) is 9.55 Å². The highest BCUT2D eigenvalue weighted by atomic mass is 32.1. The molecule has 0 saturated carbocycles. The summed E-state index contributed by atoms with van der Waals surface area (Å²) in [5, 5.41) is 19.0. The SMILES string of the molecule is O=C(O)c1cc(CO)cc(Cn2cc(C3c4ccccc4C=Cc4ccccc43)c(=S)[nH]c2=O)c1. The molecule has 6 nitrogen and oxygen atoms in total. The number of carboxylic acids is 1. The molecule has 1 aliphatic rings. The Labute approximate surface area is 206 Å². The van der Waals surface area contributed by atoms with Crippen molar-refractivity contribution in [3.05, 3.63) is 133 Å². The predicted molar refractivity (Wildman–Crippen MR) is 137 cm³/mol. The van der Waals surface area contributed by atoms with Gasteiger partial charge < -0.3 is 10.2 Å². The van der Waals surface area contributed by atoms with Crippen LogP contribution in [0.25, 0.3) is 12.2 Å². The summed E-state index contributed by atoms with van der Waals surface area (Å²) in [4.78, 5) is 27.2. The van der Waals surface area contributed by atoms with Gasteiger partial charge in [-0.2, -0.15) is 0 Å². The van der Waals surface area contributed by atoms with Crippen molar-refractivity contribution in [2.75, 3.05) is 0 Å². The largest absolute Gasteiger partial charge is 0.478 e. The summed E-state index contributed by atoms with van der Waals surface area (Å²) in [7, 11) is 0. The molecular formula is C28H22N2O4S. The normalized spacial score (nSPS) is 12.6. The van der Waals surface area contributed by atoms with Crippen molar-refractivity contribution in [2.24, 2.45) is 0 Å². The second-order valence-corrected chi connectivity index (χ2v) is 8.91. The van der Waals surface area contributed by atoms with Crippen LogP contribution in [0.5, 0.6) is 0 Å².